The fourth-order valence-corrected chi connectivity index (χ4v) is 5.33. The number of aryl methyl sites for hydroxylation is 2. The number of rotatable bonds is 2. The van der Waals surface area contributed by atoms with E-state index in [2.05, 4.69) is 27.8 Å². The van der Waals surface area contributed by atoms with Crippen LogP contribution in [0.1, 0.15) is 42.4 Å². The van der Waals surface area contributed by atoms with Crippen LogP contribution < -0.4 is 19.9 Å². The molecule has 0 saturated carbocycles. The van der Waals surface area contributed by atoms with Crippen LogP contribution in [0.5, 0.6) is 11.6 Å². The van der Waals surface area contributed by atoms with Gasteiger partial charge < -0.3 is 14.8 Å². The van der Waals surface area contributed by atoms with Gasteiger partial charge in [0.15, 0.2) is 9.92 Å². The maximum atomic E-state index is 13.0. The van der Waals surface area contributed by atoms with Crippen molar-refractivity contribution >= 4 is 21.6 Å². The van der Waals surface area contributed by atoms with Gasteiger partial charge in [0.05, 0.1) is 25.1 Å². The number of carbonyl (C=O) groups is 1. The molecule has 0 saturated heterocycles. The van der Waals surface area contributed by atoms with Crippen molar-refractivity contribution in [3.63, 3.8) is 0 Å². The zero-order chi connectivity index (χ0) is 20.2. The highest BCUT2D eigenvalue weighted by molar-refractivity contribution is 7.91. The van der Waals surface area contributed by atoms with Crippen molar-refractivity contribution in [1.29, 1.82) is 0 Å². The third kappa shape index (κ3) is 3.06. The topological polar surface area (TPSA) is 121 Å². The number of anilines is 1. The molecule has 2 aromatic rings. The van der Waals surface area contributed by atoms with Gasteiger partial charge in [-0.05, 0) is 36.5 Å². The van der Waals surface area contributed by atoms with Crippen LogP contribution >= 0.6 is 0 Å². The number of nitrogens with zero attached hydrogens (tertiary/aromatic N) is 3. The van der Waals surface area contributed by atoms with E-state index in [-0.39, 0.29) is 10.8 Å². The Morgan fingerprint density at radius 2 is 2.24 bits per heavy atom. The number of benzene rings is 1. The van der Waals surface area contributed by atoms with Crippen molar-refractivity contribution in [2.24, 2.45) is 9.50 Å². The molecule has 0 spiro atoms. The second-order valence-electron chi connectivity index (χ2n) is 7.70. The van der Waals surface area contributed by atoms with Gasteiger partial charge in [-0.25, -0.2) is 18.8 Å². The smallest absolute Gasteiger partial charge is 0.354 e. The van der Waals surface area contributed by atoms with Crippen LogP contribution in [0.4, 0.5) is 10.5 Å². The van der Waals surface area contributed by atoms with Crippen molar-refractivity contribution in [1.82, 2.24) is 9.78 Å². The summed E-state index contributed by atoms with van der Waals surface area (Å²) in [6, 6.07) is 1.34. The summed E-state index contributed by atoms with van der Waals surface area (Å²) >= 11 is 0. The first kappa shape index (κ1) is 18.4. The average molecular weight is 417 g/mol. The molecule has 2 amide bonds. The average Bonchev–Trinajstić information content (AvgIpc) is 3.39. The van der Waals surface area contributed by atoms with Crippen molar-refractivity contribution in [3.05, 3.63) is 29.0 Å². The summed E-state index contributed by atoms with van der Waals surface area (Å²) in [6.07, 6.45) is 5.04. The molecule has 0 bridgehead atoms. The van der Waals surface area contributed by atoms with Crippen molar-refractivity contribution < 1.29 is 18.5 Å². The molecule has 2 atom stereocenters. The van der Waals surface area contributed by atoms with Crippen LogP contribution in [0.15, 0.2) is 21.5 Å². The lowest BCUT2D eigenvalue weighted by atomic mass is 9.95. The number of urea groups is 1. The molecule has 154 valence electrons. The van der Waals surface area contributed by atoms with Crippen LogP contribution in [0.25, 0.3) is 0 Å². The Kier molecular flexibility index (Phi) is 4.28. The van der Waals surface area contributed by atoms with E-state index in [1.54, 1.807) is 4.68 Å². The van der Waals surface area contributed by atoms with Gasteiger partial charge in [0, 0.05) is 24.4 Å². The summed E-state index contributed by atoms with van der Waals surface area (Å²) in [5.41, 5.74) is 4.00. The van der Waals surface area contributed by atoms with E-state index >= 15 is 0 Å². The molecule has 3 aliphatic rings. The monoisotopic (exact) mass is 417 g/mol. The van der Waals surface area contributed by atoms with Gasteiger partial charge in [0.2, 0.25) is 5.88 Å². The van der Waals surface area contributed by atoms with Crippen molar-refractivity contribution in [3.8, 4) is 11.6 Å². The fourth-order valence-electron chi connectivity index (χ4n) is 4.33. The van der Waals surface area contributed by atoms with E-state index in [0.29, 0.717) is 25.6 Å². The Labute approximate surface area is 168 Å². The summed E-state index contributed by atoms with van der Waals surface area (Å²) in [4.78, 5) is 12.9. The zero-order valence-corrected chi connectivity index (χ0v) is 17.0. The van der Waals surface area contributed by atoms with Gasteiger partial charge in [0.25, 0.3) is 0 Å². The molecule has 0 fully saturated rings. The first-order valence-electron chi connectivity index (χ1n) is 9.80. The number of hydrogen-bond acceptors (Lipinski definition) is 5. The molecule has 3 N–H and O–H groups in total. The zero-order valence-electron chi connectivity index (χ0n) is 16.1. The second-order valence-corrected chi connectivity index (χ2v) is 9.46. The first-order chi connectivity index (χ1) is 13.9. The van der Waals surface area contributed by atoms with E-state index < -0.39 is 15.9 Å². The predicted molar refractivity (Wildman–Crippen MR) is 107 cm³/mol. The highest BCUT2D eigenvalue weighted by atomic mass is 32.2. The molecular weight excluding hydrogens is 394 g/mol. The molecule has 2 aliphatic heterocycles. The minimum absolute atomic E-state index is 0.146. The third-order valence-corrected chi connectivity index (χ3v) is 7.01. The molecule has 29 heavy (non-hydrogen) atoms. The highest BCUT2D eigenvalue weighted by Gasteiger charge is 2.31. The van der Waals surface area contributed by atoms with E-state index in [1.807, 2.05) is 0 Å². The van der Waals surface area contributed by atoms with Gasteiger partial charge >= 0.3 is 6.03 Å². The molecule has 5 rings (SSSR count). The summed E-state index contributed by atoms with van der Waals surface area (Å²) in [7, 11) is -3.50. The third-order valence-electron chi connectivity index (χ3n) is 5.66. The fraction of sp³-hybridized carbons (Fsp3) is 0.474. The molecule has 1 aromatic heterocycles. The second kappa shape index (κ2) is 6.74. The molecule has 3 heterocycles. The number of amides is 2. The number of nitrogens with two attached hydrogens (primary N) is 1. The normalized spacial score (nSPS) is 21.2. The maximum Gasteiger partial charge on any atom is 0.354 e. The minimum Gasteiger partial charge on any atom is -0.493 e. The Hall–Kier alpha value is -2.59. The van der Waals surface area contributed by atoms with Crippen LogP contribution in [0.3, 0.4) is 0 Å². The predicted octanol–water partition coefficient (Wildman–Crippen LogP) is 2.58. The van der Waals surface area contributed by atoms with Crippen molar-refractivity contribution in [2.75, 3.05) is 18.5 Å². The van der Waals surface area contributed by atoms with E-state index in [0.717, 1.165) is 48.2 Å². The van der Waals surface area contributed by atoms with E-state index in [9.17, 15) is 9.00 Å². The van der Waals surface area contributed by atoms with Gasteiger partial charge in [0.1, 0.15) is 10.6 Å². The Balaban J connectivity index is 1.50. The van der Waals surface area contributed by atoms with Crippen LogP contribution in [-0.2, 0) is 29.3 Å². The number of fused-ring (bicyclic) bond motifs is 3. The Morgan fingerprint density at radius 1 is 1.38 bits per heavy atom. The number of hydrogen-bond donors (Lipinski definition) is 2. The SMILES string of the molecule is C[C@H]1COc2cc3c(c(NC(=O)N=[S@@](N)(=O)c4cnn5c4OCCC5)c21)CCC3. The lowest BCUT2D eigenvalue weighted by Gasteiger charge is -2.17. The highest BCUT2D eigenvalue weighted by Crippen LogP contribution is 2.45. The minimum atomic E-state index is -3.50. The first-order valence-corrected chi connectivity index (χ1v) is 11.4. The van der Waals surface area contributed by atoms with Gasteiger partial charge in [-0.1, -0.05) is 6.92 Å². The lowest BCUT2D eigenvalue weighted by molar-refractivity contribution is 0.224. The molecular formula is C19H23N5O4S. The number of carbonyl (C=O) groups excluding carboxylic acids is 1. The Bertz CT molecular complexity index is 1130. The summed E-state index contributed by atoms with van der Waals surface area (Å²) in [5, 5.41) is 13.0. The van der Waals surface area contributed by atoms with Gasteiger partial charge in [-0.2, -0.15) is 5.10 Å². The van der Waals surface area contributed by atoms with Crippen LogP contribution in [0.2, 0.25) is 0 Å². The number of ether oxygens (including phenoxy) is 2. The summed E-state index contributed by atoms with van der Waals surface area (Å²) in [6.45, 7) is 3.77. The van der Waals surface area contributed by atoms with E-state index in [4.69, 9.17) is 14.6 Å². The van der Waals surface area contributed by atoms with Gasteiger partial charge in [-0.3, -0.25) is 0 Å². The summed E-state index contributed by atoms with van der Waals surface area (Å²) in [5.74, 6) is 1.29. The molecule has 1 aromatic carbocycles. The lowest BCUT2D eigenvalue weighted by Crippen LogP contribution is -2.21. The molecule has 1 aliphatic carbocycles. The van der Waals surface area contributed by atoms with Crippen LogP contribution in [0, 0.1) is 0 Å². The summed E-state index contributed by atoms with van der Waals surface area (Å²) < 4.78 is 29.8. The van der Waals surface area contributed by atoms with Crippen LogP contribution in [-0.4, -0.2) is 33.2 Å². The largest absolute Gasteiger partial charge is 0.493 e. The van der Waals surface area contributed by atoms with Crippen molar-refractivity contribution in [2.45, 2.75) is 50.0 Å². The number of aromatic nitrogens is 2. The standard InChI is InChI=1S/C19H23N5O4S/c1-11-10-28-14-8-12-4-2-5-13(12)17(16(11)14)22-19(25)23-29(20,26)15-9-21-24-6-3-7-27-18(15)24/h8-9,11H,2-7,10H2,1H3,(H3,20,22,23,25,26)/t11-,29+/m0/s1. The van der Waals surface area contributed by atoms with E-state index in [1.165, 1.54) is 11.8 Å². The molecule has 10 heteroatoms. The Morgan fingerprint density at radius 3 is 3.10 bits per heavy atom. The quantitative estimate of drug-likeness (QED) is 0.778. The number of nitrogens with one attached hydrogen (secondary N) is 1. The maximum absolute atomic E-state index is 13.0. The molecule has 0 unspecified atom stereocenters. The molecule has 9 nitrogen and oxygen atoms in total. The molecule has 0 radical (unpaired) electrons. The van der Waals surface area contributed by atoms with Gasteiger partial charge in [-0.15, -0.1) is 4.36 Å².